The van der Waals surface area contributed by atoms with E-state index in [9.17, 15) is 4.79 Å². The van der Waals surface area contributed by atoms with E-state index >= 15 is 0 Å². The smallest absolute Gasteiger partial charge is 0.410 e. The number of carbonyl (C=O) groups excluding carboxylic acids is 1. The van der Waals surface area contributed by atoms with Gasteiger partial charge in [-0.3, -0.25) is 0 Å². The van der Waals surface area contributed by atoms with E-state index < -0.39 is 5.60 Å². The summed E-state index contributed by atoms with van der Waals surface area (Å²) in [6.07, 6.45) is 1.58. The largest absolute Gasteiger partial charge is 0.444 e. The molecule has 0 saturated carbocycles. The van der Waals surface area contributed by atoms with Crippen molar-refractivity contribution < 1.29 is 14.3 Å². The Bertz CT molecular complexity index is 276. The number of likely N-dealkylation sites (tertiary alicyclic amines) is 1. The lowest BCUT2D eigenvalue weighted by Gasteiger charge is -2.27. The van der Waals surface area contributed by atoms with Crippen molar-refractivity contribution in [3.63, 3.8) is 0 Å². The Morgan fingerprint density at radius 3 is 2.61 bits per heavy atom. The van der Waals surface area contributed by atoms with E-state index in [1.807, 2.05) is 20.8 Å². The number of hydrogen-bond donors (Lipinski definition) is 1. The first kappa shape index (κ1) is 15.2. The third kappa shape index (κ3) is 4.46. The first-order valence-corrected chi connectivity index (χ1v) is 6.68. The van der Waals surface area contributed by atoms with Crippen molar-refractivity contribution >= 4 is 6.09 Å². The molecule has 1 aliphatic heterocycles. The Labute approximate surface area is 110 Å². The Morgan fingerprint density at radius 2 is 2.11 bits per heavy atom. The van der Waals surface area contributed by atoms with E-state index in [1.54, 1.807) is 4.90 Å². The molecule has 0 unspecified atom stereocenters. The predicted octanol–water partition coefficient (Wildman–Crippen LogP) is 1.75. The van der Waals surface area contributed by atoms with Crippen LogP contribution in [0, 0.1) is 0 Å². The zero-order chi connectivity index (χ0) is 13.8. The number of rotatable bonds is 4. The van der Waals surface area contributed by atoms with E-state index in [0.29, 0.717) is 13.1 Å². The van der Waals surface area contributed by atoms with Crippen molar-refractivity contribution in [3.8, 4) is 0 Å². The second-order valence-corrected chi connectivity index (χ2v) is 5.75. The summed E-state index contributed by atoms with van der Waals surface area (Å²) in [6, 6.07) is 0.0294. The first-order chi connectivity index (χ1) is 8.37. The lowest BCUT2D eigenvalue weighted by molar-refractivity contribution is 0.0172. The Hall–Kier alpha value is -0.810. The second kappa shape index (κ2) is 6.38. The van der Waals surface area contributed by atoms with Gasteiger partial charge < -0.3 is 20.1 Å². The maximum absolute atomic E-state index is 12.0. The van der Waals surface area contributed by atoms with Gasteiger partial charge in [0.2, 0.25) is 0 Å². The van der Waals surface area contributed by atoms with Gasteiger partial charge in [-0.15, -0.1) is 0 Å². The number of hydrogen-bond acceptors (Lipinski definition) is 4. The molecule has 2 atom stereocenters. The van der Waals surface area contributed by atoms with Gasteiger partial charge in [0.25, 0.3) is 0 Å². The minimum atomic E-state index is -0.474. The average molecular weight is 258 g/mol. The van der Waals surface area contributed by atoms with E-state index in [0.717, 1.165) is 19.4 Å². The molecule has 0 aromatic rings. The highest BCUT2D eigenvalue weighted by atomic mass is 16.6. The minimum absolute atomic E-state index is 0.0294. The normalized spacial score (nSPS) is 24.4. The standard InChI is InChI=1S/C13H26N2O3/c1-5-6-17-11-7-10(8-14)15(9-11)12(16)18-13(2,3)4/h10-11H,5-9,14H2,1-4H3/t10-,11+/m0/s1. The fraction of sp³-hybridized carbons (Fsp3) is 0.923. The summed E-state index contributed by atoms with van der Waals surface area (Å²) in [5, 5.41) is 0. The zero-order valence-corrected chi connectivity index (χ0v) is 11.9. The molecule has 0 radical (unpaired) electrons. The summed E-state index contributed by atoms with van der Waals surface area (Å²) in [5.41, 5.74) is 5.24. The summed E-state index contributed by atoms with van der Waals surface area (Å²) < 4.78 is 11.1. The molecule has 5 heteroatoms. The maximum atomic E-state index is 12.0. The van der Waals surface area contributed by atoms with Gasteiger partial charge in [-0.05, 0) is 33.6 Å². The van der Waals surface area contributed by atoms with Crippen LogP contribution in [0.3, 0.4) is 0 Å². The van der Waals surface area contributed by atoms with Gasteiger partial charge in [0.05, 0.1) is 12.6 Å². The molecule has 0 bridgehead atoms. The van der Waals surface area contributed by atoms with Crippen LogP contribution in [-0.4, -0.2) is 48.4 Å². The molecule has 1 fully saturated rings. The summed E-state index contributed by atoms with van der Waals surface area (Å²) in [7, 11) is 0. The predicted molar refractivity (Wildman–Crippen MR) is 70.4 cm³/mol. The van der Waals surface area contributed by atoms with Gasteiger partial charge in [-0.1, -0.05) is 6.92 Å². The molecular weight excluding hydrogens is 232 g/mol. The van der Waals surface area contributed by atoms with E-state index in [1.165, 1.54) is 0 Å². The minimum Gasteiger partial charge on any atom is -0.444 e. The third-order valence-corrected chi connectivity index (χ3v) is 2.83. The average Bonchev–Trinajstić information content (AvgIpc) is 2.67. The Kier molecular flexibility index (Phi) is 5.41. The molecule has 5 nitrogen and oxygen atoms in total. The van der Waals surface area contributed by atoms with Gasteiger partial charge in [0.15, 0.2) is 0 Å². The lowest BCUT2D eigenvalue weighted by Crippen LogP contribution is -2.43. The van der Waals surface area contributed by atoms with Crippen molar-refractivity contribution in [2.24, 2.45) is 5.73 Å². The van der Waals surface area contributed by atoms with Crippen molar-refractivity contribution in [3.05, 3.63) is 0 Å². The molecule has 1 aliphatic rings. The summed E-state index contributed by atoms with van der Waals surface area (Å²) in [5.74, 6) is 0. The summed E-state index contributed by atoms with van der Waals surface area (Å²) in [6.45, 7) is 9.42. The lowest BCUT2D eigenvalue weighted by atomic mass is 10.2. The van der Waals surface area contributed by atoms with Crippen molar-refractivity contribution in [2.75, 3.05) is 19.7 Å². The monoisotopic (exact) mass is 258 g/mol. The van der Waals surface area contributed by atoms with Crippen LogP contribution in [-0.2, 0) is 9.47 Å². The molecule has 0 spiro atoms. The fourth-order valence-electron chi connectivity index (χ4n) is 2.05. The highest BCUT2D eigenvalue weighted by molar-refractivity contribution is 5.69. The van der Waals surface area contributed by atoms with Gasteiger partial charge in [-0.25, -0.2) is 4.79 Å². The number of amides is 1. The van der Waals surface area contributed by atoms with Crippen LogP contribution in [0.5, 0.6) is 0 Å². The van der Waals surface area contributed by atoms with Gasteiger partial charge >= 0.3 is 6.09 Å². The number of nitrogens with two attached hydrogens (primary N) is 1. The molecule has 2 N–H and O–H groups in total. The second-order valence-electron chi connectivity index (χ2n) is 5.75. The summed E-state index contributed by atoms with van der Waals surface area (Å²) >= 11 is 0. The molecule has 1 amide bonds. The quantitative estimate of drug-likeness (QED) is 0.834. The van der Waals surface area contributed by atoms with E-state index in [-0.39, 0.29) is 18.2 Å². The van der Waals surface area contributed by atoms with E-state index in [4.69, 9.17) is 15.2 Å². The Morgan fingerprint density at radius 1 is 1.44 bits per heavy atom. The molecule has 1 heterocycles. The van der Waals surface area contributed by atoms with Gasteiger partial charge in [0.1, 0.15) is 5.60 Å². The van der Waals surface area contributed by atoms with E-state index in [2.05, 4.69) is 6.92 Å². The van der Waals surface area contributed by atoms with Crippen LogP contribution in [0.25, 0.3) is 0 Å². The van der Waals surface area contributed by atoms with Crippen LogP contribution in [0.1, 0.15) is 40.5 Å². The first-order valence-electron chi connectivity index (χ1n) is 6.68. The van der Waals surface area contributed by atoms with Crippen LogP contribution in [0.2, 0.25) is 0 Å². The molecule has 1 saturated heterocycles. The van der Waals surface area contributed by atoms with Crippen LogP contribution < -0.4 is 5.73 Å². The fourth-order valence-corrected chi connectivity index (χ4v) is 2.05. The molecule has 18 heavy (non-hydrogen) atoms. The Balaban J connectivity index is 2.55. The zero-order valence-electron chi connectivity index (χ0n) is 11.9. The van der Waals surface area contributed by atoms with Crippen molar-refractivity contribution in [2.45, 2.75) is 58.3 Å². The van der Waals surface area contributed by atoms with Gasteiger partial charge in [0, 0.05) is 19.2 Å². The highest BCUT2D eigenvalue weighted by Gasteiger charge is 2.37. The SMILES string of the molecule is CCCO[C@@H]1C[C@@H](CN)N(C(=O)OC(C)(C)C)C1. The third-order valence-electron chi connectivity index (χ3n) is 2.83. The molecule has 0 aromatic carbocycles. The van der Waals surface area contributed by atoms with Crippen LogP contribution in [0.4, 0.5) is 4.79 Å². The maximum Gasteiger partial charge on any atom is 0.410 e. The molecule has 0 aromatic heterocycles. The molecule has 106 valence electrons. The topological polar surface area (TPSA) is 64.8 Å². The number of ether oxygens (including phenoxy) is 2. The van der Waals surface area contributed by atoms with Gasteiger partial charge in [-0.2, -0.15) is 0 Å². The molecule has 0 aliphatic carbocycles. The molecular formula is C13H26N2O3. The van der Waals surface area contributed by atoms with Crippen molar-refractivity contribution in [1.82, 2.24) is 4.90 Å². The highest BCUT2D eigenvalue weighted by Crippen LogP contribution is 2.22. The van der Waals surface area contributed by atoms with Crippen molar-refractivity contribution in [1.29, 1.82) is 0 Å². The van der Waals surface area contributed by atoms with Crippen LogP contribution in [0.15, 0.2) is 0 Å². The number of nitrogens with zero attached hydrogens (tertiary/aromatic N) is 1. The molecule has 1 rings (SSSR count). The number of carbonyl (C=O) groups is 1. The van der Waals surface area contributed by atoms with Crippen LogP contribution >= 0.6 is 0 Å². The summed E-state index contributed by atoms with van der Waals surface area (Å²) in [4.78, 5) is 13.7.